The van der Waals surface area contributed by atoms with Gasteiger partial charge in [0.15, 0.2) is 0 Å². The van der Waals surface area contributed by atoms with Crippen LogP contribution in [0.2, 0.25) is 0 Å². The Morgan fingerprint density at radius 2 is 1.95 bits per heavy atom. The molecule has 3 heteroatoms. The molecule has 1 saturated carbocycles. The molecule has 3 rings (SSSR count). The number of nitrogens with zero attached hydrogens (tertiary/aromatic N) is 2. The molecule has 2 N–H and O–H groups in total. The highest BCUT2D eigenvalue weighted by Gasteiger charge is 2.28. The fraction of sp³-hybridized carbons (Fsp3) is 0.667. The zero-order valence-corrected chi connectivity index (χ0v) is 13.5. The second kappa shape index (κ2) is 6.47. The van der Waals surface area contributed by atoms with E-state index in [9.17, 15) is 0 Å². The fourth-order valence-electron chi connectivity index (χ4n) is 3.63. The molecule has 116 valence electrons. The van der Waals surface area contributed by atoms with Gasteiger partial charge in [0.25, 0.3) is 0 Å². The van der Waals surface area contributed by atoms with Crippen molar-refractivity contribution < 1.29 is 0 Å². The number of piperidine rings is 1. The van der Waals surface area contributed by atoms with E-state index in [0.29, 0.717) is 18.6 Å². The topological polar surface area (TPSA) is 32.5 Å². The average Bonchev–Trinajstić information content (AvgIpc) is 3.34. The van der Waals surface area contributed by atoms with Crippen LogP contribution in [-0.4, -0.2) is 49.6 Å². The molecule has 0 aromatic heterocycles. The van der Waals surface area contributed by atoms with Crippen LogP contribution in [0, 0.1) is 0 Å². The minimum absolute atomic E-state index is 0.358. The number of likely N-dealkylation sites (N-methyl/N-ethyl adjacent to an activating group) is 1. The van der Waals surface area contributed by atoms with Gasteiger partial charge < -0.3 is 10.6 Å². The highest BCUT2D eigenvalue weighted by Crippen LogP contribution is 2.41. The van der Waals surface area contributed by atoms with E-state index in [1.54, 1.807) is 0 Å². The Balaban J connectivity index is 1.72. The summed E-state index contributed by atoms with van der Waals surface area (Å²) in [4.78, 5) is 4.95. The van der Waals surface area contributed by atoms with E-state index in [0.717, 1.165) is 5.92 Å². The van der Waals surface area contributed by atoms with Crippen molar-refractivity contribution in [2.45, 2.75) is 43.7 Å². The molecule has 0 radical (unpaired) electrons. The summed E-state index contributed by atoms with van der Waals surface area (Å²) in [5.74, 6) is 0.817. The maximum Gasteiger partial charge on any atom is 0.0470 e. The molecule has 1 unspecified atom stereocenters. The Morgan fingerprint density at radius 3 is 2.57 bits per heavy atom. The van der Waals surface area contributed by atoms with Gasteiger partial charge in [-0.1, -0.05) is 24.3 Å². The van der Waals surface area contributed by atoms with Gasteiger partial charge in [0.1, 0.15) is 0 Å². The lowest BCUT2D eigenvalue weighted by Gasteiger charge is -2.39. The van der Waals surface area contributed by atoms with Crippen LogP contribution in [0.3, 0.4) is 0 Å². The van der Waals surface area contributed by atoms with Gasteiger partial charge in [0.2, 0.25) is 0 Å². The summed E-state index contributed by atoms with van der Waals surface area (Å²) < 4.78 is 0. The second-order valence-electron chi connectivity index (χ2n) is 6.90. The number of likely N-dealkylation sites (tertiary alicyclic amines) is 1. The summed E-state index contributed by atoms with van der Waals surface area (Å²) in [7, 11) is 4.48. The van der Waals surface area contributed by atoms with Crippen LogP contribution in [0.1, 0.15) is 48.8 Å². The second-order valence-corrected chi connectivity index (χ2v) is 6.90. The van der Waals surface area contributed by atoms with Crippen LogP contribution >= 0.6 is 0 Å². The van der Waals surface area contributed by atoms with Crippen molar-refractivity contribution in [1.82, 2.24) is 9.80 Å². The van der Waals surface area contributed by atoms with Crippen LogP contribution in [-0.2, 0) is 0 Å². The van der Waals surface area contributed by atoms with Crippen LogP contribution in [0.5, 0.6) is 0 Å². The predicted molar refractivity (Wildman–Crippen MR) is 88.5 cm³/mol. The van der Waals surface area contributed by atoms with Gasteiger partial charge >= 0.3 is 0 Å². The van der Waals surface area contributed by atoms with Crippen LogP contribution in [0.15, 0.2) is 24.3 Å². The van der Waals surface area contributed by atoms with Gasteiger partial charge in [-0.05, 0) is 69.9 Å². The summed E-state index contributed by atoms with van der Waals surface area (Å²) in [6.45, 7) is 3.11. The van der Waals surface area contributed by atoms with E-state index in [2.05, 4.69) is 48.2 Å². The normalized spacial score (nSPS) is 22.7. The molecule has 1 aliphatic carbocycles. The Hall–Kier alpha value is -0.900. The Kier molecular flexibility index (Phi) is 4.63. The van der Waals surface area contributed by atoms with Crippen molar-refractivity contribution in [3.8, 4) is 0 Å². The fourth-order valence-corrected chi connectivity index (χ4v) is 3.63. The lowest BCUT2D eigenvalue weighted by Crippen LogP contribution is -2.45. The SMILES string of the molecule is CN1CCC(N(C)C(CN)c2cccc(C3CC3)c2)CC1. The first kappa shape index (κ1) is 15.0. The van der Waals surface area contributed by atoms with Gasteiger partial charge in [-0.15, -0.1) is 0 Å². The molecule has 2 fully saturated rings. The Bertz CT molecular complexity index is 461. The molecule has 2 aliphatic rings. The first-order valence-corrected chi connectivity index (χ1v) is 8.39. The minimum Gasteiger partial charge on any atom is -0.329 e. The molecule has 1 atom stereocenters. The quantitative estimate of drug-likeness (QED) is 0.903. The highest BCUT2D eigenvalue weighted by molar-refractivity contribution is 5.31. The zero-order chi connectivity index (χ0) is 14.8. The van der Waals surface area contributed by atoms with Gasteiger partial charge in [-0.3, -0.25) is 4.90 Å². The van der Waals surface area contributed by atoms with Crippen molar-refractivity contribution in [3.63, 3.8) is 0 Å². The smallest absolute Gasteiger partial charge is 0.0470 e. The molecule has 1 heterocycles. The van der Waals surface area contributed by atoms with Crippen LogP contribution in [0.4, 0.5) is 0 Å². The van der Waals surface area contributed by atoms with Crippen molar-refractivity contribution in [3.05, 3.63) is 35.4 Å². The molecule has 0 bridgehead atoms. The molecule has 0 spiro atoms. The summed E-state index contributed by atoms with van der Waals surface area (Å²) in [6.07, 6.45) is 5.24. The molecule has 21 heavy (non-hydrogen) atoms. The van der Waals surface area contributed by atoms with Crippen LogP contribution in [0.25, 0.3) is 0 Å². The first-order valence-electron chi connectivity index (χ1n) is 8.39. The van der Waals surface area contributed by atoms with E-state index < -0.39 is 0 Å². The molecule has 1 saturated heterocycles. The monoisotopic (exact) mass is 287 g/mol. The van der Waals surface area contributed by atoms with Gasteiger partial charge in [-0.2, -0.15) is 0 Å². The van der Waals surface area contributed by atoms with Crippen molar-refractivity contribution in [1.29, 1.82) is 0 Å². The largest absolute Gasteiger partial charge is 0.329 e. The third kappa shape index (κ3) is 3.47. The van der Waals surface area contributed by atoms with Crippen LogP contribution < -0.4 is 5.73 Å². The number of hydrogen-bond donors (Lipinski definition) is 1. The summed E-state index contributed by atoms with van der Waals surface area (Å²) in [5, 5.41) is 0. The van der Waals surface area contributed by atoms with E-state index in [1.807, 2.05) is 0 Å². The number of nitrogens with two attached hydrogens (primary N) is 1. The maximum atomic E-state index is 6.13. The molecule has 0 amide bonds. The number of rotatable bonds is 5. The zero-order valence-electron chi connectivity index (χ0n) is 13.5. The van der Waals surface area contributed by atoms with Gasteiger partial charge in [0.05, 0.1) is 0 Å². The minimum atomic E-state index is 0.358. The Labute approximate surface area is 129 Å². The summed E-state index contributed by atoms with van der Waals surface area (Å²) in [6, 6.07) is 10.2. The predicted octanol–water partition coefficient (Wildman–Crippen LogP) is 2.59. The number of benzene rings is 1. The van der Waals surface area contributed by atoms with Crippen molar-refractivity contribution in [2.75, 3.05) is 33.7 Å². The molecular weight excluding hydrogens is 258 g/mol. The van der Waals surface area contributed by atoms with Crippen molar-refractivity contribution >= 4 is 0 Å². The molecule has 1 aromatic rings. The van der Waals surface area contributed by atoms with Gasteiger partial charge in [0, 0.05) is 18.6 Å². The molecular formula is C18H29N3. The highest BCUT2D eigenvalue weighted by atomic mass is 15.2. The van der Waals surface area contributed by atoms with E-state index >= 15 is 0 Å². The lowest BCUT2D eigenvalue weighted by atomic mass is 9.97. The maximum absolute atomic E-state index is 6.13. The first-order chi connectivity index (χ1) is 10.2. The average molecular weight is 287 g/mol. The van der Waals surface area contributed by atoms with E-state index in [-0.39, 0.29) is 0 Å². The lowest BCUT2D eigenvalue weighted by molar-refractivity contribution is 0.109. The molecule has 1 aliphatic heterocycles. The third-order valence-corrected chi connectivity index (χ3v) is 5.32. The molecule has 3 nitrogen and oxygen atoms in total. The van der Waals surface area contributed by atoms with Crippen molar-refractivity contribution in [2.24, 2.45) is 5.73 Å². The molecule has 1 aromatic carbocycles. The standard InChI is InChI=1S/C18H29N3/c1-20-10-8-17(9-11-20)21(2)18(13-19)16-5-3-4-15(12-16)14-6-7-14/h3-5,12,14,17-18H,6-11,13,19H2,1-2H3. The van der Waals surface area contributed by atoms with E-state index in [1.165, 1.54) is 49.9 Å². The summed E-state index contributed by atoms with van der Waals surface area (Å²) >= 11 is 0. The third-order valence-electron chi connectivity index (χ3n) is 5.32. The van der Waals surface area contributed by atoms with E-state index in [4.69, 9.17) is 5.73 Å². The Morgan fingerprint density at radius 1 is 1.24 bits per heavy atom. The number of hydrogen-bond acceptors (Lipinski definition) is 3. The van der Waals surface area contributed by atoms with Gasteiger partial charge in [-0.25, -0.2) is 0 Å². The summed E-state index contributed by atoms with van der Waals surface area (Å²) in [5.41, 5.74) is 9.05.